The monoisotopic (exact) mass is 317 g/mol. The van der Waals surface area contributed by atoms with Crippen LogP contribution in [0.4, 0.5) is 0 Å². The van der Waals surface area contributed by atoms with Gasteiger partial charge >= 0.3 is 0 Å². The Morgan fingerprint density at radius 3 is 2.77 bits per heavy atom. The summed E-state index contributed by atoms with van der Waals surface area (Å²) >= 11 is 6.11. The van der Waals surface area contributed by atoms with Crippen LogP contribution in [0.15, 0.2) is 36.7 Å². The lowest BCUT2D eigenvalue weighted by atomic mass is 10.0. The molecule has 2 amide bonds. The lowest BCUT2D eigenvalue weighted by Gasteiger charge is -2.15. The summed E-state index contributed by atoms with van der Waals surface area (Å²) in [5.74, 6) is -0.577. The van der Waals surface area contributed by atoms with Crippen molar-refractivity contribution in [2.24, 2.45) is 13.0 Å². The Hall–Kier alpha value is -2.14. The van der Waals surface area contributed by atoms with Crippen LogP contribution in [0.2, 0.25) is 5.02 Å². The average Bonchev–Trinajstić information content (AvgIpc) is 3.00. The summed E-state index contributed by atoms with van der Waals surface area (Å²) in [5, 5.41) is 4.66. The van der Waals surface area contributed by atoms with Gasteiger partial charge in [-0.15, -0.1) is 0 Å². The van der Waals surface area contributed by atoms with Gasteiger partial charge in [-0.3, -0.25) is 19.2 Å². The van der Waals surface area contributed by atoms with E-state index in [2.05, 4.69) is 5.10 Å². The standard InChI is InChI=1S/C16H16ClN3O2/c1-19-9-11(8-18-19)6-13-7-15(21)20(16(13)22)10-12-4-2-3-5-14(12)17/h2-5,8-9,13H,6-7,10H2,1H3. The molecule has 1 atom stereocenters. The molecule has 0 N–H and O–H groups in total. The highest BCUT2D eigenvalue weighted by atomic mass is 35.5. The highest BCUT2D eigenvalue weighted by Gasteiger charge is 2.38. The second kappa shape index (κ2) is 5.93. The maximum Gasteiger partial charge on any atom is 0.233 e. The summed E-state index contributed by atoms with van der Waals surface area (Å²) in [6.45, 7) is 0.237. The molecule has 0 radical (unpaired) electrons. The molecule has 3 rings (SSSR count). The molecular weight excluding hydrogens is 302 g/mol. The van der Waals surface area contributed by atoms with Crippen LogP contribution in [0, 0.1) is 5.92 Å². The van der Waals surface area contributed by atoms with Crippen LogP contribution in [0.25, 0.3) is 0 Å². The number of imide groups is 1. The normalized spacial score (nSPS) is 18.3. The molecule has 6 heteroatoms. The molecule has 2 aromatic rings. The van der Waals surface area contributed by atoms with E-state index in [-0.39, 0.29) is 30.7 Å². The summed E-state index contributed by atoms with van der Waals surface area (Å²) in [5.41, 5.74) is 1.75. The summed E-state index contributed by atoms with van der Waals surface area (Å²) in [6, 6.07) is 7.26. The van der Waals surface area contributed by atoms with Crippen LogP contribution in [0.5, 0.6) is 0 Å². The Bertz CT molecular complexity index is 726. The first-order valence-electron chi connectivity index (χ1n) is 7.09. The lowest BCUT2D eigenvalue weighted by Crippen LogP contribution is -2.30. The third-order valence-corrected chi connectivity index (χ3v) is 4.23. The molecule has 1 aliphatic rings. The molecule has 1 aromatic carbocycles. The smallest absolute Gasteiger partial charge is 0.233 e. The van der Waals surface area contributed by atoms with Crippen molar-refractivity contribution in [2.75, 3.05) is 0 Å². The van der Waals surface area contributed by atoms with E-state index in [1.54, 1.807) is 16.9 Å². The van der Waals surface area contributed by atoms with Gasteiger partial charge in [0.05, 0.1) is 18.7 Å². The van der Waals surface area contributed by atoms with Crippen molar-refractivity contribution in [1.29, 1.82) is 0 Å². The van der Waals surface area contributed by atoms with Crippen molar-refractivity contribution in [3.63, 3.8) is 0 Å². The summed E-state index contributed by atoms with van der Waals surface area (Å²) < 4.78 is 1.69. The topological polar surface area (TPSA) is 55.2 Å². The fourth-order valence-corrected chi connectivity index (χ4v) is 2.93. The maximum atomic E-state index is 12.5. The average molecular weight is 318 g/mol. The molecule has 0 saturated carbocycles. The first kappa shape index (κ1) is 14.8. The summed E-state index contributed by atoms with van der Waals surface area (Å²) in [6.07, 6.45) is 4.39. The predicted octanol–water partition coefficient (Wildman–Crippen LogP) is 2.19. The largest absolute Gasteiger partial charge is 0.278 e. The molecule has 1 unspecified atom stereocenters. The van der Waals surface area contributed by atoms with Gasteiger partial charge in [-0.25, -0.2) is 0 Å². The Kier molecular flexibility index (Phi) is 3.98. The first-order chi connectivity index (χ1) is 10.5. The summed E-state index contributed by atoms with van der Waals surface area (Å²) in [4.78, 5) is 25.9. The molecule has 0 bridgehead atoms. The Balaban J connectivity index is 1.73. The van der Waals surface area contributed by atoms with Crippen LogP contribution >= 0.6 is 11.6 Å². The van der Waals surface area contributed by atoms with E-state index in [4.69, 9.17) is 11.6 Å². The zero-order chi connectivity index (χ0) is 15.7. The van der Waals surface area contributed by atoms with Crippen LogP contribution in [0.3, 0.4) is 0 Å². The minimum Gasteiger partial charge on any atom is -0.278 e. The number of halogens is 1. The SMILES string of the molecule is Cn1cc(CC2CC(=O)N(Cc3ccccc3Cl)C2=O)cn1. The summed E-state index contributed by atoms with van der Waals surface area (Å²) in [7, 11) is 1.83. The van der Waals surface area contributed by atoms with Gasteiger partial charge < -0.3 is 0 Å². The van der Waals surface area contributed by atoms with E-state index in [9.17, 15) is 9.59 Å². The van der Waals surface area contributed by atoms with E-state index in [1.807, 2.05) is 31.4 Å². The highest BCUT2D eigenvalue weighted by Crippen LogP contribution is 2.26. The number of aromatic nitrogens is 2. The van der Waals surface area contributed by atoms with Gasteiger partial charge in [-0.2, -0.15) is 5.10 Å². The van der Waals surface area contributed by atoms with Crippen LogP contribution in [0.1, 0.15) is 17.5 Å². The zero-order valence-electron chi connectivity index (χ0n) is 12.2. The number of carbonyl (C=O) groups is 2. The molecular formula is C16H16ClN3O2. The van der Waals surface area contributed by atoms with E-state index in [1.165, 1.54) is 4.90 Å². The molecule has 2 heterocycles. The van der Waals surface area contributed by atoms with Crippen molar-refractivity contribution in [1.82, 2.24) is 14.7 Å². The van der Waals surface area contributed by atoms with Gasteiger partial charge in [0.15, 0.2) is 0 Å². The Morgan fingerprint density at radius 1 is 1.32 bits per heavy atom. The zero-order valence-corrected chi connectivity index (χ0v) is 13.0. The second-order valence-electron chi connectivity index (χ2n) is 5.54. The fourth-order valence-electron chi connectivity index (χ4n) is 2.74. The Morgan fingerprint density at radius 2 is 2.09 bits per heavy atom. The number of hydrogen-bond acceptors (Lipinski definition) is 3. The van der Waals surface area contributed by atoms with Crippen molar-refractivity contribution < 1.29 is 9.59 Å². The lowest BCUT2D eigenvalue weighted by molar-refractivity contribution is -0.140. The first-order valence-corrected chi connectivity index (χ1v) is 7.47. The van der Waals surface area contributed by atoms with Crippen LogP contribution in [-0.4, -0.2) is 26.5 Å². The number of carbonyl (C=O) groups excluding carboxylic acids is 2. The van der Waals surface area contributed by atoms with Crippen molar-refractivity contribution in [3.05, 3.63) is 52.8 Å². The number of rotatable bonds is 4. The van der Waals surface area contributed by atoms with E-state index >= 15 is 0 Å². The minimum absolute atomic E-state index is 0.131. The molecule has 0 aliphatic carbocycles. The molecule has 1 fully saturated rings. The molecule has 1 saturated heterocycles. The number of amides is 2. The molecule has 5 nitrogen and oxygen atoms in total. The van der Waals surface area contributed by atoms with E-state index < -0.39 is 0 Å². The predicted molar refractivity (Wildman–Crippen MR) is 82.0 cm³/mol. The quantitative estimate of drug-likeness (QED) is 0.812. The molecule has 1 aliphatic heterocycles. The maximum absolute atomic E-state index is 12.5. The van der Waals surface area contributed by atoms with Crippen LogP contribution in [-0.2, 0) is 29.6 Å². The van der Waals surface area contributed by atoms with Gasteiger partial charge in [-0.1, -0.05) is 29.8 Å². The van der Waals surface area contributed by atoms with E-state index in [0.29, 0.717) is 11.4 Å². The van der Waals surface area contributed by atoms with Crippen molar-refractivity contribution in [2.45, 2.75) is 19.4 Å². The number of aryl methyl sites for hydroxylation is 1. The number of benzene rings is 1. The number of nitrogens with zero attached hydrogens (tertiary/aromatic N) is 3. The fraction of sp³-hybridized carbons (Fsp3) is 0.312. The molecule has 1 aromatic heterocycles. The van der Waals surface area contributed by atoms with Crippen molar-refractivity contribution >= 4 is 23.4 Å². The number of hydrogen-bond donors (Lipinski definition) is 0. The van der Waals surface area contributed by atoms with Gasteiger partial charge in [0.25, 0.3) is 0 Å². The second-order valence-corrected chi connectivity index (χ2v) is 5.94. The van der Waals surface area contributed by atoms with Gasteiger partial charge in [0.1, 0.15) is 0 Å². The number of likely N-dealkylation sites (tertiary alicyclic amines) is 1. The van der Waals surface area contributed by atoms with E-state index in [0.717, 1.165) is 11.1 Å². The minimum atomic E-state index is -0.306. The molecule has 22 heavy (non-hydrogen) atoms. The van der Waals surface area contributed by atoms with Gasteiger partial charge in [0.2, 0.25) is 11.8 Å². The third-order valence-electron chi connectivity index (χ3n) is 3.86. The third kappa shape index (κ3) is 2.90. The molecule has 114 valence electrons. The van der Waals surface area contributed by atoms with Gasteiger partial charge in [-0.05, 0) is 23.6 Å². The molecule has 0 spiro atoms. The Labute approximate surface area is 133 Å². The van der Waals surface area contributed by atoms with Crippen molar-refractivity contribution in [3.8, 4) is 0 Å². The van der Waals surface area contributed by atoms with Gasteiger partial charge in [0, 0.05) is 24.7 Å². The highest BCUT2D eigenvalue weighted by molar-refractivity contribution is 6.31. The van der Waals surface area contributed by atoms with Crippen LogP contribution < -0.4 is 0 Å².